The Balaban J connectivity index is 2.15. The number of amides is 1. The second-order valence-electron chi connectivity index (χ2n) is 5.39. The first kappa shape index (κ1) is 15.2. The highest BCUT2D eigenvalue weighted by Crippen LogP contribution is 2.26. The average Bonchev–Trinajstić information content (AvgIpc) is 2.91. The van der Waals surface area contributed by atoms with E-state index in [-0.39, 0.29) is 29.4 Å². The number of hydrogen-bond acceptors (Lipinski definition) is 5. The predicted octanol–water partition coefficient (Wildman–Crippen LogP) is -0.488. The number of hydrogen-bond donors (Lipinski definition) is 1. The third-order valence-corrected chi connectivity index (χ3v) is 5.68. The van der Waals surface area contributed by atoms with Crippen molar-refractivity contribution in [2.45, 2.75) is 31.9 Å². The van der Waals surface area contributed by atoms with E-state index in [2.05, 4.69) is 0 Å². The van der Waals surface area contributed by atoms with Crippen molar-refractivity contribution in [3.8, 4) is 0 Å². The lowest BCUT2D eigenvalue weighted by Crippen LogP contribution is -2.48. The SMILES string of the molecule is CC1OCCC1C(=O)N(CC(=O)O)C1CCS(=O)(=O)C1. The molecule has 0 spiro atoms. The summed E-state index contributed by atoms with van der Waals surface area (Å²) in [4.78, 5) is 24.6. The summed E-state index contributed by atoms with van der Waals surface area (Å²) in [5.41, 5.74) is 0. The fraction of sp³-hybridized carbons (Fsp3) is 0.833. The molecule has 0 saturated carbocycles. The van der Waals surface area contributed by atoms with Crippen molar-refractivity contribution in [3.63, 3.8) is 0 Å². The van der Waals surface area contributed by atoms with Crippen molar-refractivity contribution in [1.29, 1.82) is 0 Å². The van der Waals surface area contributed by atoms with E-state index in [9.17, 15) is 18.0 Å². The summed E-state index contributed by atoms with van der Waals surface area (Å²) in [6.45, 7) is 1.80. The van der Waals surface area contributed by atoms with E-state index in [1.165, 1.54) is 4.90 Å². The normalized spacial score (nSPS) is 32.1. The van der Waals surface area contributed by atoms with E-state index >= 15 is 0 Å². The Kier molecular flexibility index (Phi) is 4.33. The summed E-state index contributed by atoms with van der Waals surface area (Å²) >= 11 is 0. The summed E-state index contributed by atoms with van der Waals surface area (Å²) in [5.74, 6) is -1.95. The molecule has 0 aromatic rings. The van der Waals surface area contributed by atoms with Gasteiger partial charge >= 0.3 is 5.97 Å². The second kappa shape index (κ2) is 5.69. The van der Waals surface area contributed by atoms with Crippen LogP contribution in [0.4, 0.5) is 0 Å². The lowest BCUT2D eigenvalue weighted by molar-refractivity contribution is -0.148. The van der Waals surface area contributed by atoms with Gasteiger partial charge in [-0.1, -0.05) is 0 Å². The third kappa shape index (κ3) is 3.29. The second-order valence-corrected chi connectivity index (χ2v) is 7.62. The molecule has 0 aromatic carbocycles. The highest BCUT2D eigenvalue weighted by molar-refractivity contribution is 7.91. The smallest absolute Gasteiger partial charge is 0.323 e. The van der Waals surface area contributed by atoms with Gasteiger partial charge in [-0.2, -0.15) is 0 Å². The molecule has 2 aliphatic rings. The zero-order chi connectivity index (χ0) is 14.9. The molecule has 1 N–H and O–H groups in total. The summed E-state index contributed by atoms with van der Waals surface area (Å²) < 4.78 is 28.4. The molecule has 0 bridgehead atoms. The van der Waals surface area contributed by atoms with Crippen LogP contribution in [0.1, 0.15) is 19.8 Å². The highest BCUT2D eigenvalue weighted by Gasteiger charge is 2.40. The number of carbonyl (C=O) groups is 2. The molecule has 1 amide bonds. The Morgan fingerprint density at radius 3 is 2.50 bits per heavy atom. The van der Waals surface area contributed by atoms with Gasteiger partial charge in [-0.3, -0.25) is 9.59 Å². The van der Waals surface area contributed by atoms with Crippen LogP contribution in [0.15, 0.2) is 0 Å². The van der Waals surface area contributed by atoms with E-state index in [0.717, 1.165) is 0 Å². The largest absolute Gasteiger partial charge is 0.480 e. The molecule has 0 aromatic heterocycles. The lowest BCUT2D eigenvalue weighted by atomic mass is 9.99. The van der Waals surface area contributed by atoms with Crippen LogP contribution in [-0.2, 0) is 24.2 Å². The molecular weight excluding hydrogens is 286 g/mol. The Labute approximate surface area is 117 Å². The topological polar surface area (TPSA) is 101 Å². The van der Waals surface area contributed by atoms with Crippen LogP contribution in [0.3, 0.4) is 0 Å². The molecule has 8 heteroatoms. The molecule has 20 heavy (non-hydrogen) atoms. The predicted molar refractivity (Wildman–Crippen MR) is 69.9 cm³/mol. The van der Waals surface area contributed by atoms with Gasteiger partial charge in [-0.15, -0.1) is 0 Å². The lowest BCUT2D eigenvalue weighted by Gasteiger charge is -2.30. The van der Waals surface area contributed by atoms with Crippen LogP contribution < -0.4 is 0 Å². The quantitative estimate of drug-likeness (QED) is 0.752. The summed E-state index contributed by atoms with van der Waals surface area (Å²) in [6.07, 6.45) is 0.607. The number of ether oxygens (including phenoxy) is 1. The van der Waals surface area contributed by atoms with Crippen molar-refractivity contribution in [2.24, 2.45) is 5.92 Å². The highest BCUT2D eigenvalue weighted by atomic mass is 32.2. The maximum atomic E-state index is 12.5. The van der Waals surface area contributed by atoms with Gasteiger partial charge in [0, 0.05) is 12.6 Å². The number of carboxylic acid groups (broad SMARTS) is 1. The Morgan fingerprint density at radius 2 is 2.05 bits per heavy atom. The molecule has 2 fully saturated rings. The van der Waals surface area contributed by atoms with Gasteiger partial charge in [0.25, 0.3) is 0 Å². The third-order valence-electron chi connectivity index (χ3n) is 3.93. The fourth-order valence-electron chi connectivity index (χ4n) is 2.82. The summed E-state index contributed by atoms with van der Waals surface area (Å²) in [5, 5.41) is 8.96. The molecule has 7 nitrogen and oxygen atoms in total. The van der Waals surface area contributed by atoms with E-state index < -0.39 is 28.4 Å². The number of nitrogens with zero attached hydrogens (tertiary/aromatic N) is 1. The maximum absolute atomic E-state index is 12.5. The first-order valence-corrected chi connectivity index (χ1v) is 8.46. The van der Waals surface area contributed by atoms with Crippen LogP contribution in [0.5, 0.6) is 0 Å². The van der Waals surface area contributed by atoms with Gasteiger partial charge in [0.2, 0.25) is 5.91 Å². The molecule has 0 radical (unpaired) electrons. The van der Waals surface area contributed by atoms with Gasteiger partial charge in [0.05, 0.1) is 23.5 Å². The zero-order valence-electron chi connectivity index (χ0n) is 11.3. The van der Waals surface area contributed by atoms with Gasteiger partial charge in [-0.25, -0.2) is 8.42 Å². The van der Waals surface area contributed by atoms with Crippen LogP contribution in [0, 0.1) is 5.92 Å². The van der Waals surface area contributed by atoms with Crippen molar-refractivity contribution in [3.05, 3.63) is 0 Å². The molecular formula is C12H19NO6S. The number of carboxylic acids is 1. The number of rotatable bonds is 4. The number of sulfone groups is 1. The van der Waals surface area contributed by atoms with Gasteiger partial charge in [0.15, 0.2) is 9.84 Å². The van der Waals surface area contributed by atoms with E-state index in [1.54, 1.807) is 6.92 Å². The standard InChI is InChI=1S/C12H19NO6S/c1-8-10(2-4-19-8)12(16)13(6-11(14)15)9-3-5-20(17,18)7-9/h8-10H,2-7H2,1H3,(H,14,15). The molecule has 114 valence electrons. The van der Waals surface area contributed by atoms with Crippen LogP contribution in [0.2, 0.25) is 0 Å². The Hall–Kier alpha value is -1.15. The molecule has 0 aliphatic carbocycles. The Morgan fingerprint density at radius 1 is 1.35 bits per heavy atom. The number of aliphatic carboxylic acids is 1. The fourth-order valence-corrected chi connectivity index (χ4v) is 4.55. The zero-order valence-corrected chi connectivity index (χ0v) is 12.1. The molecule has 2 rings (SSSR count). The molecule has 3 unspecified atom stereocenters. The molecule has 2 aliphatic heterocycles. The minimum Gasteiger partial charge on any atom is -0.480 e. The first-order chi connectivity index (χ1) is 9.30. The van der Waals surface area contributed by atoms with E-state index in [0.29, 0.717) is 19.4 Å². The summed E-state index contributed by atoms with van der Waals surface area (Å²) in [6, 6.07) is -0.531. The van der Waals surface area contributed by atoms with Crippen molar-refractivity contribution >= 4 is 21.7 Å². The minimum atomic E-state index is -3.16. The average molecular weight is 305 g/mol. The van der Waals surface area contributed by atoms with Crippen LogP contribution in [0.25, 0.3) is 0 Å². The number of carbonyl (C=O) groups excluding carboxylic acids is 1. The minimum absolute atomic E-state index is 0.0117. The first-order valence-electron chi connectivity index (χ1n) is 6.64. The maximum Gasteiger partial charge on any atom is 0.323 e. The monoisotopic (exact) mass is 305 g/mol. The molecule has 2 saturated heterocycles. The van der Waals surface area contributed by atoms with Crippen LogP contribution in [-0.4, -0.2) is 67.1 Å². The van der Waals surface area contributed by atoms with Gasteiger partial charge in [0.1, 0.15) is 6.54 Å². The van der Waals surface area contributed by atoms with Gasteiger partial charge in [-0.05, 0) is 19.8 Å². The van der Waals surface area contributed by atoms with Crippen molar-refractivity contribution in [1.82, 2.24) is 4.90 Å². The molecule has 2 heterocycles. The van der Waals surface area contributed by atoms with Gasteiger partial charge < -0.3 is 14.7 Å². The van der Waals surface area contributed by atoms with E-state index in [1.807, 2.05) is 0 Å². The van der Waals surface area contributed by atoms with Crippen LogP contribution >= 0.6 is 0 Å². The van der Waals surface area contributed by atoms with Crippen molar-refractivity contribution in [2.75, 3.05) is 24.7 Å². The van der Waals surface area contributed by atoms with Crippen molar-refractivity contribution < 1.29 is 27.9 Å². The Bertz CT molecular complexity index is 502. The molecule has 3 atom stereocenters. The van der Waals surface area contributed by atoms with E-state index in [4.69, 9.17) is 9.84 Å². The summed E-state index contributed by atoms with van der Waals surface area (Å²) in [7, 11) is -3.16.